The molecule has 1 aromatic carbocycles. The highest BCUT2D eigenvalue weighted by atomic mass is 19.1. The first-order valence-electron chi connectivity index (χ1n) is 6.88. The van der Waals surface area contributed by atoms with Crippen LogP contribution in [-0.4, -0.2) is 16.6 Å². The van der Waals surface area contributed by atoms with E-state index >= 15 is 0 Å². The fourth-order valence-electron chi connectivity index (χ4n) is 2.21. The Morgan fingerprint density at radius 1 is 1.19 bits per heavy atom. The van der Waals surface area contributed by atoms with Crippen molar-refractivity contribution in [3.8, 4) is 0 Å². The average molecular weight is 292 g/mol. The van der Waals surface area contributed by atoms with E-state index in [1.165, 1.54) is 6.07 Å². The number of nitrogens with one attached hydrogen (secondary N) is 1. The van der Waals surface area contributed by atoms with Gasteiger partial charge in [-0.1, -0.05) is 6.92 Å². The van der Waals surface area contributed by atoms with Crippen molar-refractivity contribution in [1.82, 2.24) is 10.3 Å². The first-order valence-corrected chi connectivity index (χ1v) is 6.88. The van der Waals surface area contributed by atoms with Crippen LogP contribution < -0.4 is 5.32 Å². The van der Waals surface area contributed by atoms with Gasteiger partial charge in [0.25, 0.3) is 0 Å². The van der Waals surface area contributed by atoms with Gasteiger partial charge < -0.3 is 10.4 Å². The molecule has 2 unspecified atom stereocenters. The summed E-state index contributed by atoms with van der Waals surface area (Å²) in [4.78, 5) is 3.89. The molecule has 0 radical (unpaired) electrons. The average Bonchev–Trinajstić information content (AvgIpc) is 2.51. The van der Waals surface area contributed by atoms with Gasteiger partial charge in [-0.25, -0.2) is 8.78 Å². The van der Waals surface area contributed by atoms with Crippen molar-refractivity contribution >= 4 is 0 Å². The minimum Gasteiger partial charge on any atom is -0.387 e. The highest BCUT2D eigenvalue weighted by molar-refractivity contribution is 5.22. The van der Waals surface area contributed by atoms with Crippen molar-refractivity contribution < 1.29 is 13.9 Å². The number of rotatable bonds is 6. The molecule has 0 fully saturated rings. The molecular weight excluding hydrogens is 274 g/mol. The number of aromatic nitrogens is 1. The van der Waals surface area contributed by atoms with E-state index in [9.17, 15) is 13.9 Å². The molecule has 21 heavy (non-hydrogen) atoms. The summed E-state index contributed by atoms with van der Waals surface area (Å²) in [5.74, 6) is -0.921. The number of aliphatic hydroxyl groups excluding tert-OH is 1. The van der Waals surface area contributed by atoms with Crippen molar-refractivity contribution in [2.24, 2.45) is 0 Å². The summed E-state index contributed by atoms with van der Waals surface area (Å²) in [5, 5.41) is 13.2. The zero-order chi connectivity index (χ0) is 15.2. The molecule has 0 aliphatic heterocycles. The molecule has 5 heteroatoms. The summed E-state index contributed by atoms with van der Waals surface area (Å²) in [6.07, 6.45) is 3.06. The predicted molar refractivity (Wildman–Crippen MR) is 76.6 cm³/mol. The Kier molecular flexibility index (Phi) is 5.36. The Labute approximate surface area is 122 Å². The third-order valence-corrected chi connectivity index (χ3v) is 3.39. The predicted octanol–water partition coefficient (Wildman–Crippen LogP) is 3.13. The van der Waals surface area contributed by atoms with Crippen LogP contribution in [0.5, 0.6) is 0 Å². The minimum atomic E-state index is -0.723. The molecule has 1 heterocycles. The van der Waals surface area contributed by atoms with Crippen molar-refractivity contribution in [3.05, 3.63) is 65.5 Å². The van der Waals surface area contributed by atoms with Crippen LogP contribution in [0, 0.1) is 11.6 Å². The topological polar surface area (TPSA) is 45.1 Å². The molecule has 0 saturated carbocycles. The van der Waals surface area contributed by atoms with Crippen LogP contribution in [0.25, 0.3) is 0 Å². The maximum atomic E-state index is 13.8. The first kappa shape index (κ1) is 15.5. The third kappa shape index (κ3) is 4.06. The van der Waals surface area contributed by atoms with E-state index in [4.69, 9.17) is 0 Å². The summed E-state index contributed by atoms with van der Waals surface area (Å²) in [7, 11) is 0. The molecule has 0 spiro atoms. The van der Waals surface area contributed by atoms with Gasteiger partial charge in [0.1, 0.15) is 11.6 Å². The quantitative estimate of drug-likeness (QED) is 0.860. The Bertz CT molecular complexity index is 578. The van der Waals surface area contributed by atoms with Crippen molar-refractivity contribution in [2.75, 3.05) is 6.54 Å². The van der Waals surface area contributed by atoms with E-state index in [0.717, 1.165) is 17.7 Å². The van der Waals surface area contributed by atoms with Crippen LogP contribution in [0.2, 0.25) is 0 Å². The molecule has 0 amide bonds. The van der Waals surface area contributed by atoms with Gasteiger partial charge in [-0.15, -0.1) is 0 Å². The Hall–Kier alpha value is -1.85. The van der Waals surface area contributed by atoms with E-state index in [0.29, 0.717) is 6.42 Å². The molecule has 0 aliphatic carbocycles. The lowest BCUT2D eigenvalue weighted by molar-refractivity contribution is 0.169. The molecule has 0 aliphatic rings. The van der Waals surface area contributed by atoms with Crippen LogP contribution in [-0.2, 0) is 0 Å². The van der Waals surface area contributed by atoms with Crippen molar-refractivity contribution in [3.63, 3.8) is 0 Å². The third-order valence-electron chi connectivity index (χ3n) is 3.39. The highest BCUT2D eigenvalue weighted by Gasteiger charge is 2.16. The molecular formula is C16H18F2N2O. The standard InChI is InChI=1S/C16H18F2N2O/c1-2-15(13-9-12(17)3-4-14(13)18)20-10-16(21)11-5-7-19-8-6-11/h3-9,15-16,20-21H,2,10H2,1H3. The normalized spacial score (nSPS) is 13.9. The van der Waals surface area contributed by atoms with Crippen LogP contribution in [0.4, 0.5) is 8.78 Å². The van der Waals surface area contributed by atoms with Gasteiger partial charge in [-0.3, -0.25) is 4.98 Å². The molecule has 3 nitrogen and oxygen atoms in total. The molecule has 0 bridgehead atoms. The molecule has 2 atom stereocenters. The second-order valence-corrected chi connectivity index (χ2v) is 4.83. The summed E-state index contributed by atoms with van der Waals surface area (Å²) in [6.45, 7) is 2.12. The summed E-state index contributed by atoms with van der Waals surface area (Å²) in [5.41, 5.74) is 1.01. The van der Waals surface area contributed by atoms with Gasteiger partial charge in [0, 0.05) is 30.5 Å². The number of pyridine rings is 1. The van der Waals surface area contributed by atoms with Crippen molar-refractivity contribution in [2.45, 2.75) is 25.5 Å². The molecule has 2 N–H and O–H groups in total. The van der Waals surface area contributed by atoms with Gasteiger partial charge in [0.2, 0.25) is 0 Å². The zero-order valence-corrected chi connectivity index (χ0v) is 11.8. The maximum Gasteiger partial charge on any atom is 0.128 e. The number of aliphatic hydroxyl groups is 1. The lowest BCUT2D eigenvalue weighted by atomic mass is 10.0. The number of hydrogen-bond acceptors (Lipinski definition) is 3. The fourth-order valence-corrected chi connectivity index (χ4v) is 2.21. The lowest BCUT2D eigenvalue weighted by Crippen LogP contribution is -2.27. The maximum absolute atomic E-state index is 13.8. The molecule has 112 valence electrons. The Balaban J connectivity index is 2.04. The lowest BCUT2D eigenvalue weighted by Gasteiger charge is -2.20. The Morgan fingerprint density at radius 2 is 1.90 bits per heavy atom. The highest BCUT2D eigenvalue weighted by Crippen LogP contribution is 2.22. The number of nitrogens with zero attached hydrogens (tertiary/aromatic N) is 1. The van der Waals surface area contributed by atoms with E-state index in [1.54, 1.807) is 24.5 Å². The van der Waals surface area contributed by atoms with Crippen LogP contribution in [0.3, 0.4) is 0 Å². The largest absolute Gasteiger partial charge is 0.387 e. The van der Waals surface area contributed by atoms with Crippen LogP contribution in [0.1, 0.15) is 36.6 Å². The summed E-state index contributed by atoms with van der Waals surface area (Å²) in [6, 6.07) is 6.49. The smallest absolute Gasteiger partial charge is 0.128 e. The summed E-state index contributed by atoms with van der Waals surface area (Å²) >= 11 is 0. The van der Waals surface area contributed by atoms with Gasteiger partial charge in [-0.2, -0.15) is 0 Å². The number of halogens is 2. The van der Waals surface area contributed by atoms with E-state index in [1.807, 2.05) is 6.92 Å². The molecule has 2 rings (SSSR count). The van der Waals surface area contributed by atoms with Crippen LogP contribution >= 0.6 is 0 Å². The summed E-state index contributed by atoms with van der Waals surface area (Å²) < 4.78 is 27.0. The molecule has 1 aromatic heterocycles. The number of hydrogen-bond donors (Lipinski definition) is 2. The monoisotopic (exact) mass is 292 g/mol. The van der Waals surface area contributed by atoms with Gasteiger partial charge >= 0.3 is 0 Å². The molecule has 2 aromatic rings. The Morgan fingerprint density at radius 3 is 2.57 bits per heavy atom. The van der Waals surface area contributed by atoms with E-state index < -0.39 is 17.7 Å². The number of benzene rings is 1. The zero-order valence-electron chi connectivity index (χ0n) is 11.8. The van der Waals surface area contributed by atoms with Gasteiger partial charge in [0.15, 0.2) is 0 Å². The second kappa shape index (κ2) is 7.24. The SMILES string of the molecule is CCC(NCC(O)c1ccncc1)c1cc(F)ccc1F. The van der Waals surface area contributed by atoms with E-state index in [-0.39, 0.29) is 18.2 Å². The van der Waals surface area contributed by atoms with Crippen molar-refractivity contribution in [1.29, 1.82) is 0 Å². The second-order valence-electron chi connectivity index (χ2n) is 4.83. The first-order chi connectivity index (χ1) is 10.1. The van der Waals surface area contributed by atoms with E-state index in [2.05, 4.69) is 10.3 Å². The minimum absolute atomic E-state index is 0.248. The van der Waals surface area contributed by atoms with Gasteiger partial charge in [-0.05, 0) is 42.3 Å². The van der Waals surface area contributed by atoms with Gasteiger partial charge in [0.05, 0.1) is 6.10 Å². The molecule has 0 saturated heterocycles. The van der Waals surface area contributed by atoms with Crippen LogP contribution in [0.15, 0.2) is 42.7 Å². The fraction of sp³-hybridized carbons (Fsp3) is 0.312.